The SMILES string of the molecule is COC(=O)c1ccc2[nH]c3c(c2c1)CN(C(=O)Cc1cccc(Br)c1)CC3. The van der Waals surface area contributed by atoms with Gasteiger partial charge in [0.15, 0.2) is 0 Å². The second-order valence-electron chi connectivity index (χ2n) is 6.71. The van der Waals surface area contributed by atoms with Gasteiger partial charge in [-0.15, -0.1) is 0 Å². The topological polar surface area (TPSA) is 62.4 Å². The lowest BCUT2D eigenvalue weighted by atomic mass is 10.0. The molecule has 0 fully saturated rings. The van der Waals surface area contributed by atoms with Crippen molar-refractivity contribution in [2.75, 3.05) is 13.7 Å². The lowest BCUT2D eigenvalue weighted by molar-refractivity contribution is -0.131. The molecular weight excluding hydrogens is 408 g/mol. The highest BCUT2D eigenvalue weighted by atomic mass is 79.9. The van der Waals surface area contributed by atoms with Gasteiger partial charge in [0.05, 0.1) is 19.1 Å². The fourth-order valence-corrected chi connectivity index (χ4v) is 4.05. The summed E-state index contributed by atoms with van der Waals surface area (Å²) in [6.07, 6.45) is 1.16. The molecular formula is C21H19BrN2O3. The summed E-state index contributed by atoms with van der Waals surface area (Å²) >= 11 is 3.45. The van der Waals surface area contributed by atoms with E-state index in [-0.39, 0.29) is 11.9 Å². The highest BCUT2D eigenvalue weighted by Gasteiger charge is 2.24. The Balaban J connectivity index is 1.59. The maximum absolute atomic E-state index is 12.8. The molecule has 138 valence electrons. The van der Waals surface area contributed by atoms with Crippen molar-refractivity contribution in [3.63, 3.8) is 0 Å². The molecule has 0 spiro atoms. The third-order valence-corrected chi connectivity index (χ3v) is 5.49. The van der Waals surface area contributed by atoms with E-state index in [1.807, 2.05) is 41.3 Å². The molecule has 4 rings (SSSR count). The second-order valence-corrected chi connectivity index (χ2v) is 7.62. The molecule has 0 saturated carbocycles. The van der Waals surface area contributed by atoms with E-state index < -0.39 is 0 Å². The molecule has 6 heteroatoms. The minimum atomic E-state index is -0.356. The van der Waals surface area contributed by atoms with E-state index >= 15 is 0 Å². The van der Waals surface area contributed by atoms with Crippen LogP contribution in [-0.2, 0) is 28.9 Å². The van der Waals surface area contributed by atoms with Crippen molar-refractivity contribution < 1.29 is 14.3 Å². The molecule has 0 bridgehead atoms. The number of benzene rings is 2. The molecule has 0 saturated heterocycles. The van der Waals surface area contributed by atoms with Gasteiger partial charge in [-0.1, -0.05) is 28.1 Å². The van der Waals surface area contributed by atoms with Gasteiger partial charge in [0.2, 0.25) is 5.91 Å². The van der Waals surface area contributed by atoms with Gasteiger partial charge in [0, 0.05) is 46.1 Å². The summed E-state index contributed by atoms with van der Waals surface area (Å²) in [7, 11) is 1.38. The van der Waals surface area contributed by atoms with Crippen molar-refractivity contribution in [2.45, 2.75) is 19.4 Å². The lowest BCUT2D eigenvalue weighted by Gasteiger charge is -2.27. The van der Waals surface area contributed by atoms with E-state index in [0.717, 1.165) is 38.6 Å². The van der Waals surface area contributed by atoms with Gasteiger partial charge in [0.1, 0.15) is 0 Å². The quantitative estimate of drug-likeness (QED) is 0.647. The Morgan fingerprint density at radius 2 is 2.07 bits per heavy atom. The number of methoxy groups -OCH3 is 1. The molecule has 0 radical (unpaired) electrons. The molecule has 0 aliphatic carbocycles. The number of aromatic nitrogens is 1. The molecule has 0 atom stereocenters. The van der Waals surface area contributed by atoms with E-state index in [9.17, 15) is 9.59 Å². The Labute approximate surface area is 165 Å². The van der Waals surface area contributed by atoms with Crippen LogP contribution in [0.25, 0.3) is 10.9 Å². The Morgan fingerprint density at radius 1 is 1.22 bits per heavy atom. The number of esters is 1. The smallest absolute Gasteiger partial charge is 0.337 e. The van der Waals surface area contributed by atoms with Gasteiger partial charge < -0.3 is 14.6 Å². The number of carbonyl (C=O) groups excluding carboxylic acids is 2. The lowest BCUT2D eigenvalue weighted by Crippen LogP contribution is -2.36. The first-order chi connectivity index (χ1) is 13.0. The van der Waals surface area contributed by atoms with E-state index in [2.05, 4.69) is 20.9 Å². The highest BCUT2D eigenvalue weighted by molar-refractivity contribution is 9.10. The Hall–Kier alpha value is -2.60. The first-order valence-electron chi connectivity index (χ1n) is 8.79. The summed E-state index contributed by atoms with van der Waals surface area (Å²) in [6.45, 7) is 1.24. The number of aromatic amines is 1. The van der Waals surface area contributed by atoms with Crippen molar-refractivity contribution in [1.82, 2.24) is 9.88 Å². The van der Waals surface area contributed by atoms with Gasteiger partial charge in [0.25, 0.3) is 0 Å². The van der Waals surface area contributed by atoms with Crippen LogP contribution in [0.1, 0.15) is 27.2 Å². The fraction of sp³-hybridized carbons (Fsp3) is 0.238. The van der Waals surface area contributed by atoms with Crippen LogP contribution in [0, 0.1) is 0 Å². The van der Waals surface area contributed by atoms with Crippen LogP contribution < -0.4 is 0 Å². The minimum Gasteiger partial charge on any atom is -0.465 e. The number of halogens is 1. The molecule has 1 N–H and O–H groups in total. The first kappa shape index (κ1) is 17.8. The number of ether oxygens (including phenoxy) is 1. The number of hydrogen-bond donors (Lipinski definition) is 1. The highest BCUT2D eigenvalue weighted by Crippen LogP contribution is 2.29. The number of nitrogens with zero attached hydrogens (tertiary/aromatic N) is 1. The molecule has 1 amide bonds. The molecule has 1 aromatic heterocycles. The van der Waals surface area contributed by atoms with Crippen LogP contribution >= 0.6 is 15.9 Å². The number of rotatable bonds is 3. The Morgan fingerprint density at radius 3 is 2.85 bits per heavy atom. The molecule has 2 aromatic carbocycles. The largest absolute Gasteiger partial charge is 0.465 e. The number of fused-ring (bicyclic) bond motifs is 3. The van der Waals surface area contributed by atoms with Crippen molar-refractivity contribution in [3.05, 3.63) is 69.3 Å². The van der Waals surface area contributed by atoms with Crippen LogP contribution in [0.5, 0.6) is 0 Å². The van der Waals surface area contributed by atoms with Crippen molar-refractivity contribution in [2.24, 2.45) is 0 Å². The summed E-state index contributed by atoms with van der Waals surface area (Å²) < 4.78 is 5.80. The summed E-state index contributed by atoms with van der Waals surface area (Å²) in [4.78, 5) is 30.0. The molecule has 2 heterocycles. The van der Waals surface area contributed by atoms with Crippen molar-refractivity contribution in [3.8, 4) is 0 Å². The maximum atomic E-state index is 12.8. The molecule has 3 aromatic rings. The molecule has 0 unspecified atom stereocenters. The summed E-state index contributed by atoms with van der Waals surface area (Å²) in [6, 6.07) is 13.3. The van der Waals surface area contributed by atoms with Gasteiger partial charge in [-0.25, -0.2) is 4.79 Å². The van der Waals surface area contributed by atoms with E-state index in [1.54, 1.807) is 6.07 Å². The number of H-pyrrole nitrogens is 1. The third-order valence-electron chi connectivity index (χ3n) is 4.99. The average Bonchev–Trinajstić information content (AvgIpc) is 3.04. The van der Waals surface area contributed by atoms with Crippen LogP contribution in [-0.4, -0.2) is 35.4 Å². The Kier molecular flexibility index (Phi) is 4.74. The summed E-state index contributed by atoms with van der Waals surface area (Å²) in [5.41, 5.74) is 4.72. The third kappa shape index (κ3) is 3.49. The second kappa shape index (κ2) is 7.19. The van der Waals surface area contributed by atoms with Gasteiger partial charge in [-0.3, -0.25) is 4.79 Å². The maximum Gasteiger partial charge on any atom is 0.337 e. The number of hydrogen-bond acceptors (Lipinski definition) is 3. The number of carbonyl (C=O) groups is 2. The van der Waals surface area contributed by atoms with Crippen LogP contribution in [0.15, 0.2) is 46.9 Å². The van der Waals surface area contributed by atoms with E-state index in [0.29, 0.717) is 25.1 Å². The van der Waals surface area contributed by atoms with Gasteiger partial charge >= 0.3 is 5.97 Å². The predicted octanol–water partition coefficient (Wildman–Crippen LogP) is 3.84. The first-order valence-corrected chi connectivity index (χ1v) is 9.58. The zero-order valence-corrected chi connectivity index (χ0v) is 16.5. The summed E-state index contributed by atoms with van der Waals surface area (Å²) in [5, 5.41) is 0.979. The average molecular weight is 427 g/mol. The standard InChI is InChI=1S/C21H19BrN2O3/c1-27-21(26)14-5-6-18-16(11-14)17-12-24(8-7-19(17)23-18)20(25)10-13-3-2-4-15(22)9-13/h2-6,9,11,23H,7-8,10,12H2,1H3. The minimum absolute atomic E-state index is 0.109. The zero-order chi connectivity index (χ0) is 19.0. The fourth-order valence-electron chi connectivity index (χ4n) is 3.61. The number of nitrogens with one attached hydrogen (secondary N) is 1. The van der Waals surface area contributed by atoms with Crippen LogP contribution in [0.4, 0.5) is 0 Å². The molecule has 5 nitrogen and oxygen atoms in total. The number of amides is 1. The van der Waals surface area contributed by atoms with E-state index in [4.69, 9.17) is 4.74 Å². The normalized spacial score (nSPS) is 13.5. The summed E-state index contributed by atoms with van der Waals surface area (Å²) in [5.74, 6) is -0.248. The van der Waals surface area contributed by atoms with Crippen LogP contribution in [0.3, 0.4) is 0 Å². The van der Waals surface area contributed by atoms with Crippen molar-refractivity contribution in [1.29, 1.82) is 0 Å². The monoisotopic (exact) mass is 426 g/mol. The van der Waals surface area contributed by atoms with Gasteiger partial charge in [-0.05, 0) is 35.9 Å². The van der Waals surface area contributed by atoms with Crippen LogP contribution in [0.2, 0.25) is 0 Å². The Bertz CT molecular complexity index is 1040. The molecule has 1 aliphatic heterocycles. The van der Waals surface area contributed by atoms with E-state index in [1.165, 1.54) is 7.11 Å². The molecule has 1 aliphatic rings. The van der Waals surface area contributed by atoms with Gasteiger partial charge in [-0.2, -0.15) is 0 Å². The zero-order valence-electron chi connectivity index (χ0n) is 14.9. The van der Waals surface area contributed by atoms with Crippen molar-refractivity contribution >= 4 is 38.7 Å². The predicted molar refractivity (Wildman–Crippen MR) is 107 cm³/mol. The molecule has 27 heavy (non-hydrogen) atoms.